The zero-order chi connectivity index (χ0) is 24.6. The summed E-state index contributed by atoms with van der Waals surface area (Å²) < 4.78 is 0. The summed E-state index contributed by atoms with van der Waals surface area (Å²) in [6.45, 7) is 3.87. The van der Waals surface area contributed by atoms with Crippen LogP contribution >= 0.6 is 0 Å². The Labute approximate surface area is 207 Å². The van der Waals surface area contributed by atoms with E-state index in [-0.39, 0.29) is 17.7 Å². The van der Waals surface area contributed by atoms with Crippen LogP contribution in [0.3, 0.4) is 0 Å². The molecule has 0 heterocycles. The first-order valence-electron chi connectivity index (χ1n) is 11.9. The molecule has 0 bridgehead atoms. The van der Waals surface area contributed by atoms with Crippen LogP contribution in [0, 0.1) is 5.92 Å². The van der Waals surface area contributed by atoms with Crippen molar-refractivity contribution in [3.05, 3.63) is 126 Å². The van der Waals surface area contributed by atoms with E-state index in [1.165, 1.54) is 0 Å². The van der Waals surface area contributed by atoms with Crippen LogP contribution in [0.15, 0.2) is 115 Å². The van der Waals surface area contributed by atoms with Crippen molar-refractivity contribution in [2.24, 2.45) is 5.92 Å². The van der Waals surface area contributed by atoms with E-state index in [1.807, 2.05) is 129 Å². The summed E-state index contributed by atoms with van der Waals surface area (Å²) >= 11 is 0. The second-order valence-corrected chi connectivity index (χ2v) is 8.92. The van der Waals surface area contributed by atoms with Gasteiger partial charge >= 0.3 is 0 Å². The maximum Gasteiger partial charge on any atom is 0.247 e. The van der Waals surface area contributed by atoms with Gasteiger partial charge < -0.3 is 10.6 Å². The predicted octanol–water partition coefficient (Wildman–Crippen LogP) is 6.27. The molecule has 35 heavy (non-hydrogen) atoms. The van der Waals surface area contributed by atoms with Crippen molar-refractivity contribution >= 4 is 17.5 Å². The lowest BCUT2D eigenvalue weighted by Gasteiger charge is -2.25. The molecule has 1 atom stereocenters. The minimum Gasteiger partial charge on any atom is -0.343 e. The monoisotopic (exact) mass is 462 g/mol. The molecule has 2 N–H and O–H groups in total. The Balaban J connectivity index is 1.50. The number of carbonyl (C=O) groups is 2. The summed E-state index contributed by atoms with van der Waals surface area (Å²) in [5.41, 5.74) is 4.65. The maximum absolute atomic E-state index is 13.5. The smallest absolute Gasteiger partial charge is 0.247 e. The van der Waals surface area contributed by atoms with Crippen LogP contribution in [0.5, 0.6) is 0 Å². The van der Waals surface area contributed by atoms with Gasteiger partial charge in [0.15, 0.2) is 0 Å². The van der Waals surface area contributed by atoms with Crippen molar-refractivity contribution < 1.29 is 9.59 Å². The van der Waals surface area contributed by atoms with E-state index in [0.29, 0.717) is 5.69 Å². The summed E-state index contributed by atoms with van der Waals surface area (Å²) in [7, 11) is 0. The molecule has 0 unspecified atom stereocenters. The van der Waals surface area contributed by atoms with Crippen molar-refractivity contribution in [2.75, 3.05) is 5.32 Å². The summed E-state index contributed by atoms with van der Waals surface area (Å²) in [5.74, 6) is -1.03. The molecule has 0 aliphatic heterocycles. The van der Waals surface area contributed by atoms with E-state index < -0.39 is 12.0 Å². The lowest BCUT2D eigenvalue weighted by molar-refractivity contribution is -0.127. The van der Waals surface area contributed by atoms with Crippen molar-refractivity contribution in [2.45, 2.75) is 25.8 Å². The highest BCUT2D eigenvalue weighted by molar-refractivity contribution is 5.99. The van der Waals surface area contributed by atoms with Gasteiger partial charge in [0.2, 0.25) is 11.8 Å². The molecule has 0 aromatic heterocycles. The number of anilines is 1. The molecule has 4 heteroatoms. The molecular weight excluding hydrogens is 432 g/mol. The molecule has 4 rings (SSSR count). The van der Waals surface area contributed by atoms with E-state index >= 15 is 0 Å². The first-order chi connectivity index (χ1) is 17.0. The summed E-state index contributed by atoms with van der Waals surface area (Å²) in [6.07, 6.45) is 0. The molecule has 0 fully saturated rings. The topological polar surface area (TPSA) is 58.2 Å². The van der Waals surface area contributed by atoms with Crippen LogP contribution < -0.4 is 10.6 Å². The third-order valence-corrected chi connectivity index (χ3v) is 6.03. The zero-order valence-electron chi connectivity index (χ0n) is 20.0. The maximum atomic E-state index is 13.5. The molecule has 0 saturated carbocycles. The Bertz CT molecular complexity index is 1200. The second-order valence-electron chi connectivity index (χ2n) is 8.92. The molecule has 4 aromatic carbocycles. The highest BCUT2D eigenvalue weighted by atomic mass is 16.2. The van der Waals surface area contributed by atoms with Gasteiger partial charge in [-0.15, -0.1) is 0 Å². The third-order valence-electron chi connectivity index (χ3n) is 6.03. The average molecular weight is 463 g/mol. The van der Waals surface area contributed by atoms with Gasteiger partial charge in [0.25, 0.3) is 0 Å². The normalized spacial score (nSPS) is 11.8. The van der Waals surface area contributed by atoms with Gasteiger partial charge in [0.1, 0.15) is 6.04 Å². The van der Waals surface area contributed by atoms with E-state index in [0.717, 1.165) is 22.3 Å². The Hall–Kier alpha value is -4.18. The average Bonchev–Trinajstić information content (AvgIpc) is 2.89. The van der Waals surface area contributed by atoms with Crippen LogP contribution in [-0.2, 0) is 9.59 Å². The van der Waals surface area contributed by atoms with Gasteiger partial charge in [-0.2, -0.15) is 0 Å². The quantitative estimate of drug-likeness (QED) is 0.324. The fourth-order valence-corrected chi connectivity index (χ4v) is 4.15. The van der Waals surface area contributed by atoms with Crippen LogP contribution in [0.2, 0.25) is 0 Å². The zero-order valence-corrected chi connectivity index (χ0v) is 20.0. The molecule has 4 aromatic rings. The number of amides is 2. The van der Waals surface area contributed by atoms with Crippen LogP contribution in [0.4, 0.5) is 5.69 Å². The van der Waals surface area contributed by atoms with Gasteiger partial charge in [0, 0.05) is 5.69 Å². The fourth-order valence-electron chi connectivity index (χ4n) is 4.15. The van der Waals surface area contributed by atoms with E-state index in [4.69, 9.17) is 0 Å². The summed E-state index contributed by atoms with van der Waals surface area (Å²) in [6, 6.07) is 36.4. The Morgan fingerprint density at radius 3 is 1.51 bits per heavy atom. The van der Waals surface area contributed by atoms with Gasteiger partial charge in [-0.3, -0.25) is 9.59 Å². The summed E-state index contributed by atoms with van der Waals surface area (Å²) in [5, 5.41) is 5.99. The number of hydrogen-bond acceptors (Lipinski definition) is 2. The molecule has 0 saturated heterocycles. The SMILES string of the molecule is CC(C)[C@H](NC(=O)C(c1ccccc1)c1ccccc1)C(=O)Nc1ccc(-c2ccccc2)cc1. The first-order valence-corrected chi connectivity index (χ1v) is 11.9. The number of rotatable bonds is 8. The minimum absolute atomic E-state index is 0.0882. The molecule has 0 aliphatic rings. The number of benzene rings is 4. The van der Waals surface area contributed by atoms with Crippen LogP contribution in [-0.4, -0.2) is 17.9 Å². The third kappa shape index (κ3) is 6.04. The van der Waals surface area contributed by atoms with Crippen molar-refractivity contribution in [3.63, 3.8) is 0 Å². The lowest BCUT2D eigenvalue weighted by Crippen LogP contribution is -2.48. The Morgan fingerprint density at radius 2 is 1.03 bits per heavy atom. The second kappa shape index (κ2) is 11.3. The number of nitrogens with one attached hydrogen (secondary N) is 2. The highest BCUT2D eigenvalue weighted by Gasteiger charge is 2.29. The minimum atomic E-state index is -0.675. The van der Waals surface area contributed by atoms with Gasteiger partial charge in [0.05, 0.1) is 5.92 Å². The van der Waals surface area contributed by atoms with Crippen LogP contribution in [0.25, 0.3) is 11.1 Å². The Morgan fingerprint density at radius 1 is 0.571 bits per heavy atom. The molecule has 0 spiro atoms. The van der Waals surface area contributed by atoms with Gasteiger partial charge in [-0.25, -0.2) is 0 Å². The largest absolute Gasteiger partial charge is 0.343 e. The highest BCUT2D eigenvalue weighted by Crippen LogP contribution is 2.26. The standard InChI is InChI=1S/C31H30N2O2/c1-22(2)29(31(35)32-27-20-18-24(19-21-27)23-12-6-3-7-13-23)33-30(34)28(25-14-8-4-9-15-25)26-16-10-5-11-17-26/h3-22,28-29H,1-2H3,(H,32,35)(H,33,34)/t29-/m0/s1. The lowest BCUT2D eigenvalue weighted by atomic mass is 9.89. The fraction of sp³-hybridized carbons (Fsp3) is 0.161. The van der Waals surface area contributed by atoms with Crippen molar-refractivity contribution in [1.29, 1.82) is 0 Å². The molecule has 4 nitrogen and oxygen atoms in total. The predicted molar refractivity (Wildman–Crippen MR) is 142 cm³/mol. The molecule has 0 aliphatic carbocycles. The molecule has 0 radical (unpaired) electrons. The molecular formula is C31H30N2O2. The number of carbonyl (C=O) groups excluding carboxylic acids is 2. The van der Waals surface area contributed by atoms with E-state index in [9.17, 15) is 9.59 Å². The van der Waals surface area contributed by atoms with Gasteiger partial charge in [-0.1, -0.05) is 117 Å². The van der Waals surface area contributed by atoms with Gasteiger partial charge in [-0.05, 0) is 40.3 Å². The van der Waals surface area contributed by atoms with Crippen LogP contribution in [0.1, 0.15) is 30.9 Å². The van der Waals surface area contributed by atoms with Crippen molar-refractivity contribution in [1.82, 2.24) is 5.32 Å². The number of hydrogen-bond donors (Lipinski definition) is 2. The Kier molecular flexibility index (Phi) is 7.74. The van der Waals surface area contributed by atoms with Crippen molar-refractivity contribution in [3.8, 4) is 11.1 Å². The summed E-state index contributed by atoms with van der Waals surface area (Å²) in [4.78, 5) is 26.7. The van der Waals surface area contributed by atoms with E-state index in [1.54, 1.807) is 0 Å². The molecule has 176 valence electrons. The molecule has 2 amide bonds. The first kappa shape index (κ1) is 24.0. The van der Waals surface area contributed by atoms with E-state index in [2.05, 4.69) is 10.6 Å².